The van der Waals surface area contributed by atoms with Gasteiger partial charge in [0.1, 0.15) is 5.75 Å². The predicted octanol–water partition coefficient (Wildman–Crippen LogP) is 2.21. The summed E-state index contributed by atoms with van der Waals surface area (Å²) in [5.74, 6) is 2.06. The van der Waals surface area contributed by atoms with E-state index in [9.17, 15) is 5.11 Å². The Morgan fingerprint density at radius 2 is 1.93 bits per heavy atom. The lowest BCUT2D eigenvalue weighted by molar-refractivity contribution is 0.140. The first-order chi connectivity index (χ1) is 13.1. The Hall–Kier alpha value is -1.95. The number of para-hydroxylation sites is 2. The van der Waals surface area contributed by atoms with Gasteiger partial charge in [0.25, 0.3) is 0 Å². The van der Waals surface area contributed by atoms with Crippen molar-refractivity contribution in [3.8, 4) is 5.75 Å². The van der Waals surface area contributed by atoms with Crippen LogP contribution >= 0.6 is 0 Å². The molecule has 1 atom stereocenters. The van der Waals surface area contributed by atoms with Crippen LogP contribution in [0.25, 0.3) is 0 Å². The van der Waals surface area contributed by atoms with E-state index in [1.165, 1.54) is 25.9 Å². The number of aromatic hydroxyl groups is 1. The summed E-state index contributed by atoms with van der Waals surface area (Å²) in [5.41, 5.74) is 0.927. The Balaban J connectivity index is 1.49. The van der Waals surface area contributed by atoms with Gasteiger partial charge in [-0.1, -0.05) is 12.1 Å². The fourth-order valence-electron chi connectivity index (χ4n) is 4.19. The average Bonchev–Trinajstić information content (AvgIpc) is 2.69. The van der Waals surface area contributed by atoms with Crippen molar-refractivity contribution in [3.63, 3.8) is 0 Å². The summed E-state index contributed by atoms with van der Waals surface area (Å²) in [4.78, 5) is 11.7. The molecule has 1 aromatic carbocycles. The second-order valence-electron chi connectivity index (χ2n) is 7.99. The number of aliphatic imine (C=N–C) groups is 1. The van der Waals surface area contributed by atoms with E-state index in [2.05, 4.69) is 38.9 Å². The summed E-state index contributed by atoms with van der Waals surface area (Å²) >= 11 is 0. The van der Waals surface area contributed by atoms with Crippen LogP contribution < -0.4 is 10.2 Å². The molecule has 2 aliphatic heterocycles. The van der Waals surface area contributed by atoms with Gasteiger partial charge in [0.2, 0.25) is 0 Å². The predicted molar refractivity (Wildman–Crippen MR) is 113 cm³/mol. The number of hydrogen-bond acceptors (Lipinski definition) is 4. The van der Waals surface area contributed by atoms with Gasteiger partial charge in [-0.2, -0.15) is 0 Å². The largest absolute Gasteiger partial charge is 0.506 e. The number of likely N-dealkylation sites (tertiary alicyclic amines) is 1. The minimum Gasteiger partial charge on any atom is -0.506 e. The first-order valence-electron chi connectivity index (χ1n) is 10.3. The van der Waals surface area contributed by atoms with Gasteiger partial charge in [-0.3, -0.25) is 4.99 Å². The summed E-state index contributed by atoms with van der Waals surface area (Å²) in [7, 11) is 1.87. The molecule has 2 heterocycles. The van der Waals surface area contributed by atoms with Crippen molar-refractivity contribution in [2.45, 2.75) is 32.7 Å². The lowest BCUT2D eigenvalue weighted by Crippen LogP contribution is -2.53. The van der Waals surface area contributed by atoms with Crippen molar-refractivity contribution in [1.82, 2.24) is 15.1 Å². The van der Waals surface area contributed by atoms with Gasteiger partial charge in [0.15, 0.2) is 5.96 Å². The number of rotatable bonds is 4. The lowest BCUT2D eigenvalue weighted by atomic mass is 9.97. The van der Waals surface area contributed by atoms with Crippen molar-refractivity contribution in [2.75, 3.05) is 57.8 Å². The Labute approximate surface area is 163 Å². The molecule has 0 spiro atoms. The van der Waals surface area contributed by atoms with E-state index in [1.54, 1.807) is 6.07 Å². The van der Waals surface area contributed by atoms with Crippen molar-refractivity contribution in [3.05, 3.63) is 24.3 Å². The maximum atomic E-state index is 10.1. The SMILES string of the molecule is CN=C(NCC1CCCN(C(C)C)C1)N1CCN(c2ccccc2O)CC1. The molecule has 1 unspecified atom stereocenters. The zero-order valence-electron chi connectivity index (χ0n) is 17.1. The van der Waals surface area contributed by atoms with Crippen LogP contribution in [0.2, 0.25) is 0 Å². The van der Waals surface area contributed by atoms with Gasteiger partial charge in [-0.25, -0.2) is 0 Å². The summed E-state index contributed by atoms with van der Waals surface area (Å²) in [6.07, 6.45) is 2.59. The molecular weight excluding hydrogens is 338 g/mol. The summed E-state index contributed by atoms with van der Waals surface area (Å²) < 4.78 is 0. The maximum absolute atomic E-state index is 10.1. The van der Waals surface area contributed by atoms with E-state index < -0.39 is 0 Å². The monoisotopic (exact) mass is 373 g/mol. The molecule has 0 aromatic heterocycles. The Kier molecular flexibility index (Phi) is 6.83. The zero-order chi connectivity index (χ0) is 19.2. The number of phenols is 1. The van der Waals surface area contributed by atoms with Crippen LogP contribution in [0.3, 0.4) is 0 Å². The highest BCUT2D eigenvalue weighted by Gasteiger charge is 2.24. The molecule has 0 aliphatic carbocycles. The molecular formula is C21H35N5O. The Morgan fingerprint density at radius 3 is 2.59 bits per heavy atom. The third-order valence-electron chi connectivity index (χ3n) is 5.84. The van der Waals surface area contributed by atoms with Gasteiger partial charge in [0.05, 0.1) is 5.69 Å². The number of piperidine rings is 1. The minimum absolute atomic E-state index is 0.362. The molecule has 0 saturated carbocycles. The van der Waals surface area contributed by atoms with Crippen molar-refractivity contribution < 1.29 is 5.11 Å². The molecule has 2 aliphatic rings. The Bertz CT molecular complexity index is 625. The number of piperazine rings is 1. The molecule has 3 rings (SSSR count). The molecule has 0 radical (unpaired) electrons. The fraction of sp³-hybridized carbons (Fsp3) is 0.667. The number of guanidine groups is 1. The van der Waals surface area contributed by atoms with E-state index in [0.717, 1.165) is 44.4 Å². The summed E-state index contributed by atoms with van der Waals surface area (Å²) in [6.45, 7) is 11.6. The second kappa shape index (κ2) is 9.31. The molecule has 2 N–H and O–H groups in total. The zero-order valence-corrected chi connectivity index (χ0v) is 17.1. The minimum atomic E-state index is 0.362. The number of anilines is 1. The molecule has 6 heteroatoms. The van der Waals surface area contributed by atoms with Crippen molar-refractivity contribution >= 4 is 11.6 Å². The molecule has 0 bridgehead atoms. The standard InChI is InChI=1S/C21H35N5O/c1-17(2)26-10-6-7-18(16-26)15-23-21(22-3)25-13-11-24(12-14-25)19-8-4-5-9-20(19)27/h4-5,8-9,17-18,27H,6-7,10-16H2,1-3H3,(H,22,23). The van der Waals surface area contributed by atoms with E-state index >= 15 is 0 Å². The first-order valence-corrected chi connectivity index (χ1v) is 10.3. The fourth-order valence-corrected chi connectivity index (χ4v) is 4.19. The topological polar surface area (TPSA) is 54.3 Å². The van der Waals surface area contributed by atoms with E-state index in [-0.39, 0.29) is 0 Å². The van der Waals surface area contributed by atoms with Crippen LogP contribution in [-0.2, 0) is 0 Å². The molecule has 27 heavy (non-hydrogen) atoms. The third kappa shape index (κ3) is 5.06. The molecule has 150 valence electrons. The quantitative estimate of drug-likeness (QED) is 0.626. The number of hydrogen-bond donors (Lipinski definition) is 2. The van der Waals surface area contributed by atoms with Gasteiger partial charge >= 0.3 is 0 Å². The van der Waals surface area contributed by atoms with Crippen LogP contribution in [-0.4, -0.2) is 79.8 Å². The van der Waals surface area contributed by atoms with Crippen molar-refractivity contribution in [2.24, 2.45) is 10.9 Å². The number of phenolic OH excluding ortho intramolecular Hbond substituents is 1. The van der Waals surface area contributed by atoms with Gasteiger partial charge in [0, 0.05) is 52.4 Å². The van der Waals surface area contributed by atoms with Crippen LogP contribution in [0, 0.1) is 5.92 Å². The molecule has 2 saturated heterocycles. The average molecular weight is 374 g/mol. The second-order valence-corrected chi connectivity index (χ2v) is 7.99. The number of nitrogens with one attached hydrogen (secondary N) is 1. The van der Waals surface area contributed by atoms with E-state index in [4.69, 9.17) is 0 Å². The highest BCUT2D eigenvalue weighted by molar-refractivity contribution is 5.80. The van der Waals surface area contributed by atoms with Gasteiger partial charge < -0.3 is 25.1 Å². The smallest absolute Gasteiger partial charge is 0.193 e. The molecule has 6 nitrogen and oxygen atoms in total. The maximum Gasteiger partial charge on any atom is 0.193 e. The summed E-state index contributed by atoms with van der Waals surface area (Å²) in [5, 5.41) is 13.7. The normalized spacial score (nSPS) is 22.4. The summed E-state index contributed by atoms with van der Waals surface area (Å²) in [6, 6.07) is 8.22. The highest BCUT2D eigenvalue weighted by atomic mass is 16.3. The molecule has 2 fully saturated rings. The highest BCUT2D eigenvalue weighted by Crippen LogP contribution is 2.27. The van der Waals surface area contributed by atoms with Gasteiger partial charge in [-0.05, 0) is 51.3 Å². The molecule has 1 aromatic rings. The van der Waals surface area contributed by atoms with Crippen molar-refractivity contribution in [1.29, 1.82) is 0 Å². The van der Waals surface area contributed by atoms with Crippen LogP contribution in [0.1, 0.15) is 26.7 Å². The third-order valence-corrected chi connectivity index (χ3v) is 5.84. The van der Waals surface area contributed by atoms with Crippen LogP contribution in [0.4, 0.5) is 5.69 Å². The Morgan fingerprint density at radius 1 is 1.19 bits per heavy atom. The first kappa shape index (κ1) is 19.8. The lowest BCUT2D eigenvalue weighted by Gasteiger charge is -2.39. The van der Waals surface area contributed by atoms with Gasteiger partial charge in [-0.15, -0.1) is 0 Å². The number of benzene rings is 1. The number of nitrogens with zero attached hydrogens (tertiary/aromatic N) is 4. The van der Waals surface area contributed by atoms with Crippen LogP contribution in [0.5, 0.6) is 5.75 Å². The van der Waals surface area contributed by atoms with E-state index in [1.807, 2.05) is 25.2 Å². The molecule has 0 amide bonds. The van der Waals surface area contributed by atoms with E-state index in [0.29, 0.717) is 17.7 Å². The van der Waals surface area contributed by atoms with Crippen LogP contribution in [0.15, 0.2) is 29.3 Å².